The van der Waals surface area contributed by atoms with Crippen LogP contribution < -0.4 is 0 Å². The minimum Gasteiger partial charge on any atom is -0.385 e. The predicted octanol–water partition coefficient (Wildman–Crippen LogP) is 3.23. The van der Waals surface area contributed by atoms with Crippen molar-refractivity contribution in [1.29, 1.82) is 0 Å². The van der Waals surface area contributed by atoms with Crippen molar-refractivity contribution in [2.24, 2.45) is 0 Å². The van der Waals surface area contributed by atoms with E-state index in [0.29, 0.717) is 0 Å². The van der Waals surface area contributed by atoms with E-state index in [9.17, 15) is 5.11 Å². The summed E-state index contributed by atoms with van der Waals surface area (Å²) in [6.45, 7) is 2.74. The molecule has 0 amide bonds. The van der Waals surface area contributed by atoms with Gasteiger partial charge in [0.05, 0.1) is 11.1 Å². The molecular formula is C16H19NO2. The van der Waals surface area contributed by atoms with E-state index in [1.807, 2.05) is 37.3 Å². The van der Waals surface area contributed by atoms with Crippen LogP contribution in [0, 0.1) is 0 Å². The van der Waals surface area contributed by atoms with E-state index in [0.717, 1.165) is 42.3 Å². The smallest absolute Gasteiger partial charge is 0.108 e. The molecule has 1 aromatic carbocycles. The van der Waals surface area contributed by atoms with Crippen LogP contribution in [0.1, 0.15) is 37.9 Å². The molecule has 0 bridgehead atoms. The summed E-state index contributed by atoms with van der Waals surface area (Å²) in [6.07, 6.45) is 4.30. The fourth-order valence-corrected chi connectivity index (χ4v) is 2.79. The van der Waals surface area contributed by atoms with Crippen LogP contribution in [0.25, 0.3) is 10.9 Å². The molecule has 1 saturated heterocycles. The quantitative estimate of drug-likeness (QED) is 0.898. The zero-order valence-electron chi connectivity index (χ0n) is 11.2. The maximum atomic E-state index is 10.6. The number of fused-ring (bicyclic) bond motifs is 1. The van der Waals surface area contributed by atoms with Crippen molar-refractivity contribution in [2.45, 2.75) is 37.9 Å². The Labute approximate surface area is 113 Å². The summed E-state index contributed by atoms with van der Waals surface area (Å²) < 4.78 is 5.83. The van der Waals surface area contributed by atoms with Gasteiger partial charge >= 0.3 is 0 Å². The summed E-state index contributed by atoms with van der Waals surface area (Å²) in [4.78, 5) is 4.30. The largest absolute Gasteiger partial charge is 0.385 e. The van der Waals surface area contributed by atoms with Crippen LogP contribution in [-0.4, -0.2) is 22.3 Å². The Balaban J connectivity index is 1.94. The van der Waals surface area contributed by atoms with Crippen LogP contribution in [0.15, 0.2) is 36.5 Å². The fraction of sp³-hybridized carbons (Fsp3) is 0.438. The van der Waals surface area contributed by atoms with E-state index in [4.69, 9.17) is 4.74 Å². The third-order valence-corrected chi connectivity index (χ3v) is 4.02. The average molecular weight is 257 g/mol. The highest BCUT2D eigenvalue weighted by Crippen LogP contribution is 2.37. The van der Waals surface area contributed by atoms with Gasteiger partial charge in [0.25, 0.3) is 0 Å². The predicted molar refractivity (Wildman–Crippen MR) is 74.9 cm³/mol. The number of aromatic nitrogens is 1. The highest BCUT2D eigenvalue weighted by Gasteiger charge is 2.36. The second-order valence-corrected chi connectivity index (χ2v) is 5.48. The number of aliphatic hydroxyl groups is 1. The molecule has 1 fully saturated rings. The van der Waals surface area contributed by atoms with Gasteiger partial charge in [-0.05, 0) is 49.9 Å². The van der Waals surface area contributed by atoms with Gasteiger partial charge in [0.1, 0.15) is 6.10 Å². The number of nitrogens with zero attached hydrogens (tertiary/aromatic N) is 1. The van der Waals surface area contributed by atoms with Gasteiger partial charge in [-0.2, -0.15) is 0 Å². The molecule has 19 heavy (non-hydrogen) atoms. The molecule has 0 spiro atoms. The van der Waals surface area contributed by atoms with Crippen molar-refractivity contribution in [2.75, 3.05) is 6.61 Å². The molecule has 3 nitrogen and oxygen atoms in total. The Hall–Kier alpha value is -1.45. The van der Waals surface area contributed by atoms with Gasteiger partial charge in [-0.25, -0.2) is 0 Å². The molecule has 1 aromatic heterocycles. The Morgan fingerprint density at radius 1 is 1.32 bits per heavy atom. The number of aliphatic hydroxyl groups excluding tert-OH is 1. The van der Waals surface area contributed by atoms with Crippen LogP contribution in [0.2, 0.25) is 0 Å². The topological polar surface area (TPSA) is 42.4 Å². The molecule has 2 aromatic rings. The first-order chi connectivity index (χ1) is 9.19. The number of benzene rings is 1. The molecule has 2 unspecified atom stereocenters. The normalized spacial score (nSPS) is 25.4. The molecule has 3 rings (SSSR count). The van der Waals surface area contributed by atoms with Gasteiger partial charge in [0.2, 0.25) is 0 Å². The summed E-state index contributed by atoms with van der Waals surface area (Å²) >= 11 is 0. The molecule has 1 aliphatic rings. The summed E-state index contributed by atoms with van der Waals surface area (Å²) in [5.74, 6) is 0. The van der Waals surface area contributed by atoms with E-state index >= 15 is 0 Å². The van der Waals surface area contributed by atoms with Crippen molar-refractivity contribution in [3.05, 3.63) is 42.1 Å². The van der Waals surface area contributed by atoms with Gasteiger partial charge < -0.3 is 9.84 Å². The van der Waals surface area contributed by atoms with Crippen LogP contribution in [0.5, 0.6) is 0 Å². The number of pyridine rings is 1. The molecule has 0 aliphatic carbocycles. The lowest BCUT2D eigenvalue weighted by Crippen LogP contribution is -2.39. The third-order valence-electron chi connectivity index (χ3n) is 4.02. The second kappa shape index (κ2) is 4.91. The first kappa shape index (κ1) is 12.6. The zero-order valence-corrected chi connectivity index (χ0v) is 11.2. The summed E-state index contributed by atoms with van der Waals surface area (Å²) in [7, 11) is 0. The highest BCUT2D eigenvalue weighted by atomic mass is 16.5. The summed E-state index contributed by atoms with van der Waals surface area (Å²) in [5, 5.41) is 11.7. The molecule has 1 N–H and O–H groups in total. The van der Waals surface area contributed by atoms with Crippen LogP contribution in [0.3, 0.4) is 0 Å². The molecule has 100 valence electrons. The molecule has 1 aliphatic heterocycles. The van der Waals surface area contributed by atoms with Gasteiger partial charge in [-0.3, -0.25) is 4.98 Å². The van der Waals surface area contributed by atoms with Crippen LogP contribution in [0.4, 0.5) is 0 Å². The maximum Gasteiger partial charge on any atom is 0.108 e. The molecule has 2 atom stereocenters. The third kappa shape index (κ3) is 2.36. The number of hydrogen-bond donors (Lipinski definition) is 1. The van der Waals surface area contributed by atoms with E-state index in [1.165, 1.54) is 0 Å². The van der Waals surface area contributed by atoms with Crippen molar-refractivity contribution < 1.29 is 9.84 Å². The minimum absolute atomic E-state index is 0.464. The monoisotopic (exact) mass is 257 g/mol. The van der Waals surface area contributed by atoms with Crippen molar-refractivity contribution >= 4 is 10.9 Å². The molecule has 3 heteroatoms. The van der Waals surface area contributed by atoms with Gasteiger partial charge in [0.15, 0.2) is 0 Å². The van der Waals surface area contributed by atoms with E-state index < -0.39 is 11.7 Å². The van der Waals surface area contributed by atoms with E-state index in [2.05, 4.69) is 4.98 Å². The fourth-order valence-electron chi connectivity index (χ4n) is 2.79. The van der Waals surface area contributed by atoms with Crippen molar-refractivity contribution in [3.8, 4) is 0 Å². The first-order valence-electron chi connectivity index (χ1n) is 6.86. The maximum absolute atomic E-state index is 10.6. The lowest BCUT2D eigenvalue weighted by Gasteiger charge is -2.38. The lowest BCUT2D eigenvalue weighted by atomic mass is 9.86. The molecule has 0 saturated carbocycles. The van der Waals surface area contributed by atoms with Crippen LogP contribution in [-0.2, 0) is 4.74 Å². The van der Waals surface area contributed by atoms with Crippen molar-refractivity contribution in [3.63, 3.8) is 0 Å². The number of hydrogen-bond acceptors (Lipinski definition) is 3. The lowest BCUT2D eigenvalue weighted by molar-refractivity contribution is -0.138. The summed E-state index contributed by atoms with van der Waals surface area (Å²) in [6, 6.07) is 9.85. The van der Waals surface area contributed by atoms with Crippen molar-refractivity contribution in [1.82, 2.24) is 4.98 Å². The van der Waals surface area contributed by atoms with Gasteiger partial charge in [-0.1, -0.05) is 12.1 Å². The molecule has 2 heterocycles. The Kier molecular flexibility index (Phi) is 3.25. The number of rotatable bonds is 2. The van der Waals surface area contributed by atoms with Gasteiger partial charge in [-0.15, -0.1) is 0 Å². The highest BCUT2D eigenvalue weighted by molar-refractivity contribution is 5.79. The Morgan fingerprint density at radius 2 is 2.21 bits per heavy atom. The standard InChI is InChI=1S/C16H19NO2/c1-16(8-2-3-10-19-16)15(18)13-6-7-14-12(11-13)5-4-9-17-14/h4-7,9,11,15,18H,2-3,8,10H2,1H3. The minimum atomic E-state index is -0.586. The van der Waals surface area contributed by atoms with Gasteiger partial charge in [0, 0.05) is 18.2 Å². The van der Waals surface area contributed by atoms with E-state index in [-0.39, 0.29) is 0 Å². The van der Waals surface area contributed by atoms with Crippen LogP contribution >= 0.6 is 0 Å². The Bertz CT molecular complexity index is 576. The SMILES string of the molecule is CC1(C(O)c2ccc3ncccc3c2)CCCCO1. The zero-order chi connectivity index (χ0) is 13.3. The Morgan fingerprint density at radius 3 is 3.00 bits per heavy atom. The number of ether oxygens (including phenoxy) is 1. The molecule has 0 radical (unpaired) electrons. The average Bonchev–Trinajstić information content (AvgIpc) is 2.47. The van der Waals surface area contributed by atoms with E-state index in [1.54, 1.807) is 6.20 Å². The summed E-state index contributed by atoms with van der Waals surface area (Å²) in [5.41, 5.74) is 1.40. The molecular weight excluding hydrogens is 238 g/mol. The first-order valence-corrected chi connectivity index (χ1v) is 6.86. The second-order valence-electron chi connectivity index (χ2n) is 5.48.